The summed E-state index contributed by atoms with van der Waals surface area (Å²) in [4.78, 5) is 33.4. The number of hydrogen-bond donors (Lipinski definition) is 0. The second kappa shape index (κ2) is 14.9. The van der Waals surface area contributed by atoms with Crippen molar-refractivity contribution < 1.29 is 14.3 Å². The van der Waals surface area contributed by atoms with E-state index in [1.165, 1.54) is 0 Å². The van der Waals surface area contributed by atoms with Crippen LogP contribution in [0.5, 0.6) is 5.75 Å². The highest BCUT2D eigenvalue weighted by atomic mass is 16.5. The molecule has 0 aromatic heterocycles. The molecular weight excluding hydrogens is 474 g/mol. The Kier molecular flexibility index (Phi) is 11.7. The van der Waals surface area contributed by atoms with Gasteiger partial charge in [-0.1, -0.05) is 64.1 Å². The molecule has 2 amide bonds. The van der Waals surface area contributed by atoms with E-state index in [2.05, 4.69) is 44.7 Å². The fourth-order valence-corrected chi connectivity index (χ4v) is 5.27. The topological polar surface area (TPSA) is 53.1 Å². The first-order valence-electron chi connectivity index (χ1n) is 14.3. The molecule has 0 unspecified atom stereocenters. The standard InChI is InChI=1S/C32H47N3O3/c1-25(2)22-32(37)35-19-11-18-33(23-26(3)4)20-21-34(24-28-13-6-8-15-29(28)35)31(36)17-10-14-27-12-7-9-16-30(27)38-5/h6-9,12-13,15-16,25-26H,10-11,14,17-24H2,1-5H3. The molecule has 2 aromatic carbocycles. The zero-order valence-corrected chi connectivity index (χ0v) is 24.1. The van der Waals surface area contributed by atoms with Gasteiger partial charge in [0.25, 0.3) is 0 Å². The molecule has 208 valence electrons. The van der Waals surface area contributed by atoms with E-state index in [0.29, 0.717) is 44.3 Å². The Morgan fingerprint density at radius 2 is 1.61 bits per heavy atom. The summed E-state index contributed by atoms with van der Waals surface area (Å²) in [6.07, 6.45) is 3.50. The number of amides is 2. The SMILES string of the molecule is COc1ccccc1CCCC(=O)N1CCN(CC(C)C)CCCN(C(=O)CC(C)C)c2ccccc2C1. The van der Waals surface area contributed by atoms with Crippen LogP contribution in [0.4, 0.5) is 5.69 Å². The van der Waals surface area contributed by atoms with Crippen LogP contribution < -0.4 is 9.64 Å². The van der Waals surface area contributed by atoms with Crippen LogP contribution in [0, 0.1) is 11.8 Å². The average Bonchev–Trinajstić information content (AvgIpc) is 2.91. The number of fused-ring (bicyclic) bond motifs is 1. The normalized spacial score (nSPS) is 15.3. The van der Waals surface area contributed by atoms with E-state index in [0.717, 1.165) is 61.5 Å². The zero-order valence-electron chi connectivity index (χ0n) is 24.1. The number of aryl methyl sites for hydroxylation is 1. The summed E-state index contributed by atoms with van der Waals surface area (Å²) < 4.78 is 5.49. The lowest BCUT2D eigenvalue weighted by atomic mass is 10.1. The van der Waals surface area contributed by atoms with Crippen LogP contribution in [-0.4, -0.2) is 61.4 Å². The summed E-state index contributed by atoms with van der Waals surface area (Å²) in [5, 5.41) is 0. The largest absolute Gasteiger partial charge is 0.496 e. The zero-order chi connectivity index (χ0) is 27.5. The molecule has 2 aromatic rings. The highest BCUT2D eigenvalue weighted by Gasteiger charge is 2.24. The summed E-state index contributed by atoms with van der Waals surface area (Å²) in [6, 6.07) is 16.2. The maximum Gasteiger partial charge on any atom is 0.227 e. The Balaban J connectivity index is 1.82. The molecular formula is C32H47N3O3. The van der Waals surface area contributed by atoms with Crippen LogP contribution in [0.2, 0.25) is 0 Å². The molecule has 0 radical (unpaired) electrons. The number of rotatable bonds is 9. The Morgan fingerprint density at radius 1 is 0.868 bits per heavy atom. The Bertz CT molecular complexity index is 1040. The maximum absolute atomic E-state index is 13.6. The quantitative estimate of drug-likeness (QED) is 0.419. The predicted molar refractivity (Wildman–Crippen MR) is 155 cm³/mol. The molecule has 0 spiro atoms. The van der Waals surface area contributed by atoms with Gasteiger partial charge in [-0.3, -0.25) is 9.59 Å². The molecule has 38 heavy (non-hydrogen) atoms. The van der Waals surface area contributed by atoms with Gasteiger partial charge < -0.3 is 19.4 Å². The van der Waals surface area contributed by atoms with E-state index >= 15 is 0 Å². The van der Waals surface area contributed by atoms with Crippen molar-refractivity contribution in [3.63, 3.8) is 0 Å². The van der Waals surface area contributed by atoms with E-state index in [-0.39, 0.29) is 11.8 Å². The molecule has 0 saturated heterocycles. The third-order valence-corrected chi connectivity index (χ3v) is 7.08. The lowest BCUT2D eigenvalue weighted by Crippen LogP contribution is -2.40. The molecule has 3 rings (SSSR count). The maximum atomic E-state index is 13.6. The molecule has 0 atom stereocenters. The van der Waals surface area contributed by atoms with Crippen LogP contribution >= 0.6 is 0 Å². The van der Waals surface area contributed by atoms with Crippen LogP contribution in [0.1, 0.15) is 64.5 Å². The first kappa shape index (κ1) is 29.7. The summed E-state index contributed by atoms with van der Waals surface area (Å²) in [5.41, 5.74) is 3.12. The lowest BCUT2D eigenvalue weighted by Gasteiger charge is -2.29. The van der Waals surface area contributed by atoms with Crippen LogP contribution in [0.3, 0.4) is 0 Å². The van der Waals surface area contributed by atoms with Crippen molar-refractivity contribution in [2.24, 2.45) is 11.8 Å². The van der Waals surface area contributed by atoms with Crippen molar-refractivity contribution >= 4 is 17.5 Å². The monoisotopic (exact) mass is 521 g/mol. The van der Waals surface area contributed by atoms with Crippen molar-refractivity contribution in [3.05, 3.63) is 59.7 Å². The first-order chi connectivity index (χ1) is 18.3. The van der Waals surface area contributed by atoms with Crippen molar-refractivity contribution in [2.45, 2.75) is 66.3 Å². The number of methoxy groups -OCH3 is 1. The number of carbonyl (C=O) groups excluding carboxylic acids is 2. The lowest BCUT2D eigenvalue weighted by molar-refractivity contribution is -0.132. The third-order valence-electron chi connectivity index (χ3n) is 7.08. The van der Waals surface area contributed by atoms with E-state index in [4.69, 9.17) is 4.74 Å². The summed E-state index contributed by atoms with van der Waals surface area (Å²) >= 11 is 0. The first-order valence-corrected chi connectivity index (χ1v) is 14.3. The molecule has 0 bridgehead atoms. The van der Waals surface area contributed by atoms with Gasteiger partial charge in [0.15, 0.2) is 0 Å². The van der Waals surface area contributed by atoms with Gasteiger partial charge in [-0.2, -0.15) is 0 Å². The number of anilines is 1. The van der Waals surface area contributed by atoms with Gasteiger partial charge in [0.05, 0.1) is 7.11 Å². The van der Waals surface area contributed by atoms with E-state index < -0.39 is 0 Å². The van der Waals surface area contributed by atoms with Crippen molar-refractivity contribution in [1.29, 1.82) is 0 Å². The van der Waals surface area contributed by atoms with Gasteiger partial charge in [0, 0.05) is 51.3 Å². The number of carbonyl (C=O) groups is 2. The van der Waals surface area contributed by atoms with Gasteiger partial charge in [-0.25, -0.2) is 0 Å². The molecule has 1 heterocycles. The van der Waals surface area contributed by atoms with Crippen molar-refractivity contribution in [1.82, 2.24) is 9.80 Å². The van der Waals surface area contributed by atoms with Gasteiger partial charge in [-0.05, 0) is 60.9 Å². The Labute approximate surface area is 229 Å². The van der Waals surface area contributed by atoms with Gasteiger partial charge in [0.1, 0.15) is 5.75 Å². The number of ether oxygens (including phenoxy) is 1. The molecule has 0 aliphatic carbocycles. The highest BCUT2D eigenvalue weighted by Crippen LogP contribution is 2.26. The van der Waals surface area contributed by atoms with Crippen LogP contribution in [0.25, 0.3) is 0 Å². The predicted octanol–water partition coefficient (Wildman–Crippen LogP) is 5.79. The highest BCUT2D eigenvalue weighted by molar-refractivity contribution is 5.94. The molecule has 0 fully saturated rings. The fraction of sp³-hybridized carbons (Fsp3) is 0.562. The van der Waals surface area contributed by atoms with Gasteiger partial charge in [0.2, 0.25) is 11.8 Å². The van der Waals surface area contributed by atoms with Gasteiger partial charge >= 0.3 is 0 Å². The minimum atomic E-state index is 0.164. The number of nitrogens with zero attached hydrogens (tertiary/aromatic N) is 3. The minimum Gasteiger partial charge on any atom is -0.496 e. The van der Waals surface area contributed by atoms with E-state index in [1.54, 1.807) is 7.11 Å². The van der Waals surface area contributed by atoms with E-state index in [1.807, 2.05) is 46.2 Å². The summed E-state index contributed by atoms with van der Waals surface area (Å²) in [5.74, 6) is 2.04. The van der Waals surface area contributed by atoms with Crippen LogP contribution in [-0.2, 0) is 22.6 Å². The smallest absolute Gasteiger partial charge is 0.227 e. The molecule has 1 aliphatic heterocycles. The second-order valence-electron chi connectivity index (χ2n) is 11.3. The summed E-state index contributed by atoms with van der Waals surface area (Å²) in [7, 11) is 1.69. The third kappa shape index (κ3) is 8.87. The molecule has 6 heteroatoms. The molecule has 1 aliphatic rings. The fourth-order valence-electron chi connectivity index (χ4n) is 5.27. The average molecular weight is 522 g/mol. The molecule has 0 N–H and O–H groups in total. The minimum absolute atomic E-state index is 0.164. The van der Waals surface area contributed by atoms with Crippen LogP contribution in [0.15, 0.2) is 48.5 Å². The summed E-state index contributed by atoms with van der Waals surface area (Å²) in [6.45, 7) is 13.3. The number of para-hydroxylation sites is 2. The molecule has 6 nitrogen and oxygen atoms in total. The Morgan fingerprint density at radius 3 is 2.34 bits per heavy atom. The van der Waals surface area contributed by atoms with Gasteiger partial charge in [-0.15, -0.1) is 0 Å². The van der Waals surface area contributed by atoms with Crippen molar-refractivity contribution in [3.8, 4) is 5.75 Å². The Hall–Kier alpha value is -2.86. The number of hydrogen-bond acceptors (Lipinski definition) is 4. The van der Waals surface area contributed by atoms with Crippen molar-refractivity contribution in [2.75, 3.05) is 44.7 Å². The van der Waals surface area contributed by atoms with E-state index in [9.17, 15) is 9.59 Å². The second-order valence-corrected chi connectivity index (χ2v) is 11.3. The molecule has 0 saturated carbocycles. The number of benzene rings is 2.